The van der Waals surface area contributed by atoms with Crippen molar-refractivity contribution in [3.05, 3.63) is 35.4 Å². The molecule has 0 atom stereocenters. The highest BCUT2D eigenvalue weighted by molar-refractivity contribution is 5.42. The number of fused-ring (bicyclic) bond motifs is 1. The first kappa shape index (κ1) is 18.1. The van der Waals surface area contributed by atoms with E-state index >= 15 is 0 Å². The van der Waals surface area contributed by atoms with Gasteiger partial charge in [-0.05, 0) is 58.7 Å². The molecule has 2 aromatic heterocycles. The van der Waals surface area contributed by atoms with E-state index in [0.717, 1.165) is 30.4 Å². The Kier molecular flexibility index (Phi) is 4.23. The average Bonchev–Trinajstić information content (AvgIpc) is 3.43. The van der Waals surface area contributed by atoms with Crippen LogP contribution in [0.1, 0.15) is 75.4 Å². The van der Waals surface area contributed by atoms with Crippen molar-refractivity contribution in [3.63, 3.8) is 0 Å². The van der Waals surface area contributed by atoms with Gasteiger partial charge in [-0.1, -0.05) is 12.8 Å². The van der Waals surface area contributed by atoms with E-state index in [4.69, 9.17) is 4.98 Å². The maximum atomic E-state index is 5.02. The minimum Gasteiger partial charge on any atom is -0.337 e. The van der Waals surface area contributed by atoms with Gasteiger partial charge in [-0.25, -0.2) is 9.97 Å². The SMILES string of the molecule is CNCC12CC(C1)N(c1nccc(C(C)(C)c3cc(C4CCCC4)[nH]n3)n1)C2. The van der Waals surface area contributed by atoms with Crippen LogP contribution in [0.5, 0.6) is 0 Å². The number of aromatic amines is 1. The molecule has 4 aliphatic rings. The molecular weight excluding hydrogens is 348 g/mol. The lowest BCUT2D eigenvalue weighted by molar-refractivity contribution is 0.196. The van der Waals surface area contributed by atoms with Crippen molar-refractivity contribution < 1.29 is 0 Å². The Bertz CT molecular complexity index is 844. The number of nitrogens with zero attached hydrogens (tertiary/aromatic N) is 4. The Hall–Kier alpha value is -1.95. The van der Waals surface area contributed by atoms with Gasteiger partial charge in [0.25, 0.3) is 0 Å². The van der Waals surface area contributed by atoms with Crippen LogP contribution in [0.4, 0.5) is 5.95 Å². The summed E-state index contributed by atoms with van der Waals surface area (Å²) in [4.78, 5) is 12.1. The van der Waals surface area contributed by atoms with E-state index in [-0.39, 0.29) is 5.41 Å². The summed E-state index contributed by atoms with van der Waals surface area (Å²) in [5, 5.41) is 11.4. The van der Waals surface area contributed by atoms with E-state index in [2.05, 4.69) is 51.4 Å². The molecule has 0 unspecified atom stereocenters. The van der Waals surface area contributed by atoms with Crippen molar-refractivity contribution in [2.24, 2.45) is 5.41 Å². The Morgan fingerprint density at radius 2 is 2.04 bits per heavy atom. The number of hydrogen-bond acceptors (Lipinski definition) is 5. The van der Waals surface area contributed by atoms with Crippen LogP contribution in [0.3, 0.4) is 0 Å². The third-order valence-corrected chi connectivity index (χ3v) is 7.41. The molecule has 150 valence electrons. The maximum absolute atomic E-state index is 5.02. The van der Waals surface area contributed by atoms with Gasteiger partial charge in [0.15, 0.2) is 0 Å². The molecule has 2 aromatic rings. The number of nitrogens with one attached hydrogen (secondary N) is 2. The topological polar surface area (TPSA) is 69.7 Å². The van der Waals surface area contributed by atoms with Gasteiger partial charge in [-0.2, -0.15) is 5.10 Å². The second-order valence-electron chi connectivity index (χ2n) is 9.78. The Balaban J connectivity index is 1.38. The van der Waals surface area contributed by atoms with Crippen LogP contribution in [0.25, 0.3) is 0 Å². The van der Waals surface area contributed by atoms with Gasteiger partial charge in [0.2, 0.25) is 5.95 Å². The van der Waals surface area contributed by atoms with Crippen LogP contribution < -0.4 is 10.2 Å². The minimum atomic E-state index is -0.240. The lowest BCUT2D eigenvalue weighted by Gasteiger charge is -2.36. The second-order valence-corrected chi connectivity index (χ2v) is 9.78. The van der Waals surface area contributed by atoms with Gasteiger partial charge in [0.1, 0.15) is 0 Å². The van der Waals surface area contributed by atoms with Crippen molar-refractivity contribution in [3.8, 4) is 0 Å². The van der Waals surface area contributed by atoms with Crippen molar-refractivity contribution in [1.29, 1.82) is 0 Å². The molecule has 2 saturated heterocycles. The van der Waals surface area contributed by atoms with Crippen LogP contribution in [0.2, 0.25) is 0 Å². The number of hydrogen-bond donors (Lipinski definition) is 2. The van der Waals surface area contributed by atoms with Gasteiger partial charge in [-0.15, -0.1) is 0 Å². The zero-order chi connectivity index (χ0) is 19.4. The lowest BCUT2D eigenvalue weighted by atomic mass is 9.70. The fourth-order valence-electron chi connectivity index (χ4n) is 5.66. The van der Waals surface area contributed by atoms with E-state index in [1.165, 1.54) is 44.2 Å². The first-order chi connectivity index (χ1) is 13.5. The molecule has 6 rings (SSSR count). The zero-order valence-electron chi connectivity index (χ0n) is 17.3. The Morgan fingerprint density at radius 1 is 1.25 bits per heavy atom. The molecule has 2 bridgehead atoms. The largest absolute Gasteiger partial charge is 0.337 e. The van der Waals surface area contributed by atoms with E-state index in [9.17, 15) is 0 Å². The predicted octanol–water partition coefficient (Wildman–Crippen LogP) is 3.37. The number of aromatic nitrogens is 4. The summed E-state index contributed by atoms with van der Waals surface area (Å²) >= 11 is 0. The predicted molar refractivity (Wildman–Crippen MR) is 111 cm³/mol. The molecular formula is C22H32N6. The monoisotopic (exact) mass is 380 g/mol. The highest BCUT2D eigenvalue weighted by Gasteiger charge is 2.55. The minimum absolute atomic E-state index is 0.240. The van der Waals surface area contributed by atoms with Crippen molar-refractivity contribution in [2.45, 2.75) is 69.7 Å². The summed E-state index contributed by atoms with van der Waals surface area (Å²) in [6.07, 6.45) is 9.68. The molecule has 4 heterocycles. The summed E-state index contributed by atoms with van der Waals surface area (Å²) in [6, 6.07) is 4.93. The van der Waals surface area contributed by atoms with Crippen molar-refractivity contribution >= 4 is 5.95 Å². The van der Waals surface area contributed by atoms with Crippen LogP contribution in [0.15, 0.2) is 18.3 Å². The van der Waals surface area contributed by atoms with Crippen LogP contribution >= 0.6 is 0 Å². The van der Waals surface area contributed by atoms with Crippen LogP contribution in [-0.4, -0.2) is 46.3 Å². The summed E-state index contributed by atoms with van der Waals surface area (Å²) in [6.45, 7) is 6.60. The molecule has 2 aliphatic carbocycles. The average molecular weight is 381 g/mol. The summed E-state index contributed by atoms with van der Waals surface area (Å²) in [5.41, 5.74) is 3.61. The van der Waals surface area contributed by atoms with E-state index in [0.29, 0.717) is 17.4 Å². The maximum Gasteiger partial charge on any atom is 0.225 e. The smallest absolute Gasteiger partial charge is 0.225 e. The Morgan fingerprint density at radius 3 is 2.79 bits per heavy atom. The molecule has 4 fully saturated rings. The first-order valence-corrected chi connectivity index (χ1v) is 10.8. The van der Waals surface area contributed by atoms with E-state index < -0.39 is 0 Å². The number of H-pyrrole nitrogens is 1. The molecule has 6 nitrogen and oxygen atoms in total. The molecule has 2 saturated carbocycles. The summed E-state index contributed by atoms with van der Waals surface area (Å²) < 4.78 is 0. The summed E-state index contributed by atoms with van der Waals surface area (Å²) in [5.74, 6) is 1.54. The number of rotatable bonds is 6. The molecule has 28 heavy (non-hydrogen) atoms. The van der Waals surface area contributed by atoms with E-state index in [1.54, 1.807) is 0 Å². The Labute approximate surface area is 167 Å². The van der Waals surface area contributed by atoms with Crippen molar-refractivity contribution in [2.75, 3.05) is 25.0 Å². The number of anilines is 1. The molecule has 2 aliphatic heterocycles. The zero-order valence-corrected chi connectivity index (χ0v) is 17.3. The molecule has 0 spiro atoms. The standard InChI is InChI=1S/C22H32N6/c1-21(2,19-10-17(26-27-19)15-6-4-5-7-15)18-8-9-24-20(25-18)28-14-22(13-23-3)11-16(28)12-22/h8-10,15-16,23H,4-7,11-14H2,1-3H3,(H,26,27). The van der Waals surface area contributed by atoms with Gasteiger partial charge in [0.05, 0.1) is 16.8 Å². The third kappa shape index (κ3) is 2.84. The highest BCUT2D eigenvalue weighted by atomic mass is 15.3. The normalized spacial score (nSPS) is 27.4. The molecule has 0 radical (unpaired) electrons. The van der Waals surface area contributed by atoms with Gasteiger partial charge in [0, 0.05) is 42.4 Å². The third-order valence-electron chi connectivity index (χ3n) is 7.41. The van der Waals surface area contributed by atoms with Gasteiger partial charge in [-0.3, -0.25) is 5.10 Å². The second kappa shape index (κ2) is 6.55. The molecule has 2 N–H and O–H groups in total. The fraction of sp³-hybridized carbons (Fsp3) is 0.682. The first-order valence-electron chi connectivity index (χ1n) is 10.8. The van der Waals surface area contributed by atoms with E-state index in [1.807, 2.05) is 13.2 Å². The molecule has 6 heteroatoms. The van der Waals surface area contributed by atoms with Crippen LogP contribution in [-0.2, 0) is 5.41 Å². The van der Waals surface area contributed by atoms with Gasteiger partial charge >= 0.3 is 0 Å². The lowest BCUT2D eigenvalue weighted by Crippen LogP contribution is -2.41. The van der Waals surface area contributed by atoms with Crippen molar-refractivity contribution in [1.82, 2.24) is 25.5 Å². The molecule has 0 amide bonds. The highest BCUT2D eigenvalue weighted by Crippen LogP contribution is 2.52. The van der Waals surface area contributed by atoms with Gasteiger partial charge < -0.3 is 10.2 Å². The van der Waals surface area contributed by atoms with Crippen LogP contribution in [0, 0.1) is 5.41 Å². The molecule has 0 aromatic carbocycles. The summed E-state index contributed by atoms with van der Waals surface area (Å²) in [7, 11) is 2.05. The quantitative estimate of drug-likeness (QED) is 0.804. The fourth-order valence-corrected chi connectivity index (χ4v) is 5.66.